The van der Waals surface area contributed by atoms with E-state index in [2.05, 4.69) is 21.5 Å². The smallest absolute Gasteiger partial charge is 0.295 e. The molecule has 8 nitrogen and oxygen atoms in total. The molecule has 0 spiro atoms. The molecular weight excluding hydrogens is 396 g/mol. The second kappa shape index (κ2) is 9.18. The minimum atomic E-state index is -0.186. The number of rotatable bonds is 4. The molecule has 1 atom stereocenters. The lowest BCUT2D eigenvalue weighted by atomic mass is 10.2. The number of thiocarbonyl (C=S) groups is 2. The van der Waals surface area contributed by atoms with E-state index in [-0.39, 0.29) is 16.8 Å². The van der Waals surface area contributed by atoms with Gasteiger partial charge in [-0.1, -0.05) is 18.2 Å². The largest absolute Gasteiger partial charge is 0.376 e. The predicted octanol–water partition coefficient (Wildman–Crippen LogP) is 1.33. The van der Waals surface area contributed by atoms with Crippen LogP contribution in [0.2, 0.25) is 0 Å². The molecule has 28 heavy (non-hydrogen) atoms. The summed E-state index contributed by atoms with van der Waals surface area (Å²) in [6.45, 7) is 3.30. The minimum Gasteiger partial charge on any atom is -0.376 e. The third-order valence-corrected chi connectivity index (χ3v) is 5.05. The monoisotopic (exact) mass is 420 g/mol. The van der Waals surface area contributed by atoms with Crippen molar-refractivity contribution in [3.63, 3.8) is 0 Å². The molecule has 0 unspecified atom stereocenters. The van der Waals surface area contributed by atoms with E-state index < -0.39 is 0 Å². The molecule has 1 aliphatic heterocycles. The first-order chi connectivity index (χ1) is 13.5. The van der Waals surface area contributed by atoms with Gasteiger partial charge in [0.1, 0.15) is 5.69 Å². The lowest BCUT2D eigenvalue weighted by molar-refractivity contribution is 0.114. The van der Waals surface area contributed by atoms with Crippen LogP contribution in [0.25, 0.3) is 5.69 Å². The van der Waals surface area contributed by atoms with E-state index in [0.717, 1.165) is 30.8 Å². The maximum Gasteiger partial charge on any atom is 0.295 e. The van der Waals surface area contributed by atoms with Gasteiger partial charge < -0.3 is 15.4 Å². The van der Waals surface area contributed by atoms with Gasteiger partial charge in [-0.3, -0.25) is 20.3 Å². The summed E-state index contributed by atoms with van der Waals surface area (Å²) < 4.78 is 8.90. The number of benzene rings is 1. The molecule has 0 amide bonds. The molecule has 150 valence electrons. The van der Waals surface area contributed by atoms with E-state index in [1.54, 1.807) is 9.36 Å². The van der Waals surface area contributed by atoms with Gasteiger partial charge in [0.05, 0.1) is 17.5 Å². The number of hydrogen-bond donors (Lipinski definition) is 4. The Kier molecular flexibility index (Phi) is 6.65. The zero-order chi connectivity index (χ0) is 20.1. The molecular formula is C18H24N6O2S2. The zero-order valence-corrected chi connectivity index (χ0v) is 17.5. The summed E-state index contributed by atoms with van der Waals surface area (Å²) in [5.41, 5.74) is 7.37. The predicted molar refractivity (Wildman–Crippen MR) is 118 cm³/mol. The summed E-state index contributed by atoms with van der Waals surface area (Å²) >= 11 is 10.5. The number of hydrogen-bond acceptors (Lipinski definition) is 4. The summed E-state index contributed by atoms with van der Waals surface area (Å²) in [5, 5.41) is 6.68. The fourth-order valence-electron chi connectivity index (χ4n) is 3.03. The van der Waals surface area contributed by atoms with Crippen LogP contribution < -0.4 is 27.0 Å². The molecule has 1 fully saturated rings. The van der Waals surface area contributed by atoms with Gasteiger partial charge in [0.15, 0.2) is 10.2 Å². The molecule has 2 heterocycles. The highest BCUT2D eigenvalue weighted by Gasteiger charge is 2.17. The topological polar surface area (TPSA) is 84.3 Å². The van der Waals surface area contributed by atoms with Gasteiger partial charge in [0.25, 0.3) is 5.56 Å². The summed E-state index contributed by atoms with van der Waals surface area (Å²) in [5.74, 6) is 0. The van der Waals surface area contributed by atoms with Crippen LogP contribution >= 0.6 is 24.4 Å². The van der Waals surface area contributed by atoms with Crippen molar-refractivity contribution in [1.82, 2.24) is 25.5 Å². The highest BCUT2D eigenvalue weighted by molar-refractivity contribution is 7.80. The van der Waals surface area contributed by atoms with E-state index in [1.165, 1.54) is 0 Å². The molecule has 10 heteroatoms. The number of para-hydroxylation sites is 1. The van der Waals surface area contributed by atoms with Gasteiger partial charge in [0.2, 0.25) is 0 Å². The van der Waals surface area contributed by atoms with Gasteiger partial charge in [-0.2, -0.15) is 0 Å². The van der Waals surface area contributed by atoms with Crippen molar-refractivity contribution in [2.24, 2.45) is 7.05 Å². The Morgan fingerprint density at radius 2 is 1.93 bits per heavy atom. The van der Waals surface area contributed by atoms with Crippen molar-refractivity contribution in [2.45, 2.75) is 25.9 Å². The second-order valence-electron chi connectivity index (χ2n) is 6.49. The van der Waals surface area contributed by atoms with Gasteiger partial charge in [-0.25, -0.2) is 4.68 Å². The zero-order valence-electron chi connectivity index (χ0n) is 15.8. The Bertz CT molecular complexity index is 903. The van der Waals surface area contributed by atoms with E-state index in [1.807, 2.05) is 44.3 Å². The third kappa shape index (κ3) is 4.70. The van der Waals surface area contributed by atoms with Crippen LogP contribution in [0.1, 0.15) is 18.5 Å². The molecule has 1 aromatic heterocycles. The highest BCUT2D eigenvalue weighted by atomic mass is 32.1. The van der Waals surface area contributed by atoms with E-state index in [0.29, 0.717) is 17.3 Å². The van der Waals surface area contributed by atoms with Crippen molar-refractivity contribution in [3.05, 3.63) is 46.4 Å². The number of anilines is 1. The highest BCUT2D eigenvalue weighted by Crippen LogP contribution is 2.13. The normalized spacial score (nSPS) is 15.9. The van der Waals surface area contributed by atoms with Crippen LogP contribution in [-0.2, 0) is 11.8 Å². The fraction of sp³-hybridized carbons (Fsp3) is 0.389. The van der Waals surface area contributed by atoms with Crippen LogP contribution in [-0.4, -0.2) is 38.8 Å². The lowest BCUT2D eigenvalue weighted by Crippen LogP contribution is -2.49. The fourth-order valence-corrected chi connectivity index (χ4v) is 3.31. The molecule has 0 bridgehead atoms. The van der Waals surface area contributed by atoms with Crippen molar-refractivity contribution in [3.8, 4) is 5.69 Å². The maximum atomic E-state index is 12.9. The molecule has 1 aliphatic rings. The number of ether oxygens (including phenoxy) is 1. The van der Waals surface area contributed by atoms with Crippen molar-refractivity contribution >= 4 is 40.3 Å². The number of hydrazine groups is 1. The number of nitrogens with one attached hydrogen (secondary N) is 4. The van der Waals surface area contributed by atoms with Crippen molar-refractivity contribution in [1.29, 1.82) is 0 Å². The summed E-state index contributed by atoms with van der Waals surface area (Å²) in [6.07, 6.45) is 2.30. The summed E-state index contributed by atoms with van der Waals surface area (Å²) in [4.78, 5) is 12.9. The maximum absolute atomic E-state index is 12.9. The number of aromatic nitrogens is 2. The number of nitrogens with zero attached hydrogens (tertiary/aromatic N) is 2. The van der Waals surface area contributed by atoms with Gasteiger partial charge in [-0.05, 0) is 56.3 Å². The first-order valence-corrected chi connectivity index (χ1v) is 9.85. The third-order valence-electron chi connectivity index (χ3n) is 4.60. The van der Waals surface area contributed by atoms with Crippen LogP contribution in [0.3, 0.4) is 0 Å². The first kappa shape index (κ1) is 20.3. The first-order valence-electron chi connectivity index (χ1n) is 9.04. The summed E-state index contributed by atoms with van der Waals surface area (Å²) in [6, 6.07) is 9.43. The van der Waals surface area contributed by atoms with Gasteiger partial charge in [0, 0.05) is 20.2 Å². The molecule has 0 saturated carbocycles. The van der Waals surface area contributed by atoms with E-state index >= 15 is 0 Å². The Morgan fingerprint density at radius 3 is 2.61 bits per heavy atom. The molecule has 0 aliphatic carbocycles. The molecule has 1 saturated heterocycles. The van der Waals surface area contributed by atoms with Crippen LogP contribution in [0.15, 0.2) is 35.1 Å². The Balaban J connectivity index is 1.58. The van der Waals surface area contributed by atoms with Crippen molar-refractivity contribution < 1.29 is 4.74 Å². The minimum absolute atomic E-state index is 0.186. The van der Waals surface area contributed by atoms with Crippen LogP contribution in [0.4, 0.5) is 5.69 Å². The van der Waals surface area contributed by atoms with Gasteiger partial charge >= 0.3 is 0 Å². The Morgan fingerprint density at radius 1 is 1.21 bits per heavy atom. The molecule has 4 N–H and O–H groups in total. The lowest BCUT2D eigenvalue weighted by Gasteiger charge is -2.15. The van der Waals surface area contributed by atoms with Crippen molar-refractivity contribution in [2.75, 3.05) is 18.5 Å². The van der Waals surface area contributed by atoms with Gasteiger partial charge in [-0.15, -0.1) is 0 Å². The summed E-state index contributed by atoms with van der Waals surface area (Å²) in [7, 11) is 1.83. The van der Waals surface area contributed by atoms with E-state index in [4.69, 9.17) is 29.2 Å². The molecule has 1 aromatic carbocycles. The average Bonchev–Trinajstić information content (AvgIpc) is 3.29. The molecule has 3 rings (SSSR count). The van der Waals surface area contributed by atoms with E-state index in [9.17, 15) is 4.79 Å². The standard InChI is InChI=1S/C18H24N6O2S2/c1-12-15(16(25)24(23(12)2)13-7-4-3-5-8-13)20-18(28)22-21-17(27)19-11-14-9-6-10-26-14/h3-5,7-8,14H,6,9-11H2,1-2H3,(H2,19,21,27)(H2,20,22,28)/t14-/m0/s1. The Labute approximate surface area is 174 Å². The molecule has 0 radical (unpaired) electrons. The Hall–Kier alpha value is -2.43. The average molecular weight is 421 g/mol. The molecule has 2 aromatic rings. The second-order valence-corrected chi connectivity index (χ2v) is 7.30. The van der Waals surface area contributed by atoms with Crippen LogP contribution in [0, 0.1) is 6.92 Å². The van der Waals surface area contributed by atoms with Crippen LogP contribution in [0.5, 0.6) is 0 Å². The quantitative estimate of drug-likeness (QED) is 0.436. The SMILES string of the molecule is Cc1c(NC(=S)NNC(=S)NC[C@@H]2CCCO2)c(=O)n(-c2ccccc2)n1C.